The second kappa shape index (κ2) is 5.99. The number of nitrogens with zero attached hydrogens (tertiary/aromatic N) is 1. The minimum absolute atomic E-state index is 0.133. The van der Waals surface area contributed by atoms with E-state index >= 15 is 0 Å². The maximum atomic E-state index is 10.9. The summed E-state index contributed by atoms with van der Waals surface area (Å²) >= 11 is 3.72. The Balaban J connectivity index is 1.80. The average Bonchev–Trinajstić information content (AvgIpc) is 3.08. The molecule has 0 radical (unpaired) electrons. The lowest BCUT2D eigenvalue weighted by Crippen LogP contribution is -2.30. The van der Waals surface area contributed by atoms with E-state index in [9.17, 15) is 10.1 Å². The van der Waals surface area contributed by atoms with Gasteiger partial charge in [-0.2, -0.15) is 0 Å². The number of hydrogen-bond acceptors (Lipinski definition) is 3. The molecule has 0 unspecified atom stereocenters. The van der Waals surface area contributed by atoms with Crippen LogP contribution < -0.4 is 5.32 Å². The van der Waals surface area contributed by atoms with Crippen molar-refractivity contribution < 1.29 is 4.92 Å². The van der Waals surface area contributed by atoms with Crippen molar-refractivity contribution >= 4 is 27.3 Å². The maximum absolute atomic E-state index is 10.9. The van der Waals surface area contributed by atoms with Gasteiger partial charge in [-0.1, -0.05) is 24.3 Å². The monoisotopic (exact) mass is 398 g/mol. The summed E-state index contributed by atoms with van der Waals surface area (Å²) in [5, 5.41) is 14.6. The van der Waals surface area contributed by atoms with Crippen LogP contribution in [0.15, 0.2) is 47.0 Å². The first-order valence-electron chi connectivity index (χ1n) is 8.44. The molecule has 1 aliphatic carbocycles. The third-order valence-electron chi connectivity index (χ3n) is 5.58. The third kappa shape index (κ3) is 2.58. The summed E-state index contributed by atoms with van der Waals surface area (Å²) in [4.78, 5) is 10.6. The molecule has 4 nitrogen and oxygen atoms in total. The summed E-state index contributed by atoms with van der Waals surface area (Å²) in [5.41, 5.74) is 6.39. The van der Waals surface area contributed by atoms with Crippen LogP contribution in [-0.2, 0) is 0 Å². The van der Waals surface area contributed by atoms with Crippen molar-refractivity contribution in [3.8, 4) is 0 Å². The number of nitro benzene ring substituents is 1. The lowest BCUT2D eigenvalue weighted by Gasteiger charge is -2.39. The Labute approximate surface area is 155 Å². The number of benzene rings is 2. The fourth-order valence-electron chi connectivity index (χ4n) is 4.18. The van der Waals surface area contributed by atoms with E-state index in [1.54, 1.807) is 12.1 Å². The summed E-state index contributed by atoms with van der Waals surface area (Å²) in [6, 6.07) is 9.26. The number of nitro groups is 1. The molecule has 2 aromatic carbocycles. The summed E-state index contributed by atoms with van der Waals surface area (Å²) in [6.07, 6.45) is 5.60. The Morgan fingerprint density at radius 2 is 1.96 bits per heavy atom. The molecule has 0 fully saturated rings. The highest BCUT2D eigenvalue weighted by molar-refractivity contribution is 9.10. The van der Waals surface area contributed by atoms with E-state index in [1.807, 2.05) is 12.1 Å². The molecule has 25 heavy (non-hydrogen) atoms. The second-order valence-electron chi connectivity index (χ2n) is 6.91. The summed E-state index contributed by atoms with van der Waals surface area (Å²) < 4.78 is 1.08. The van der Waals surface area contributed by atoms with Crippen LogP contribution in [0, 0.1) is 29.9 Å². The molecule has 2 aliphatic rings. The zero-order valence-corrected chi connectivity index (χ0v) is 15.7. The van der Waals surface area contributed by atoms with Gasteiger partial charge in [-0.05, 0) is 70.4 Å². The van der Waals surface area contributed by atoms with Crippen LogP contribution in [0.3, 0.4) is 0 Å². The topological polar surface area (TPSA) is 55.2 Å². The average molecular weight is 399 g/mol. The molecule has 4 rings (SSSR count). The Hall–Kier alpha value is -2.14. The van der Waals surface area contributed by atoms with E-state index in [4.69, 9.17) is 0 Å². The predicted molar refractivity (Wildman–Crippen MR) is 103 cm³/mol. The molecule has 2 aromatic rings. The molecular weight excluding hydrogens is 380 g/mol. The van der Waals surface area contributed by atoms with Crippen LogP contribution in [0.25, 0.3) is 0 Å². The van der Waals surface area contributed by atoms with Crippen molar-refractivity contribution in [2.24, 2.45) is 5.92 Å². The molecule has 1 N–H and O–H groups in total. The predicted octanol–water partition coefficient (Wildman–Crippen LogP) is 5.80. The van der Waals surface area contributed by atoms with Crippen LogP contribution in [0.2, 0.25) is 0 Å². The van der Waals surface area contributed by atoms with Gasteiger partial charge in [0.2, 0.25) is 0 Å². The Morgan fingerprint density at radius 1 is 1.24 bits per heavy atom. The molecule has 0 saturated heterocycles. The first-order chi connectivity index (χ1) is 12.0. The van der Waals surface area contributed by atoms with E-state index in [2.05, 4.69) is 53.3 Å². The van der Waals surface area contributed by atoms with Gasteiger partial charge < -0.3 is 5.32 Å². The summed E-state index contributed by atoms with van der Waals surface area (Å²) in [7, 11) is 0. The Bertz CT molecular complexity index is 890. The number of aryl methyl sites for hydroxylation is 1. The van der Waals surface area contributed by atoms with E-state index in [1.165, 1.54) is 16.7 Å². The number of non-ortho nitro benzene ring substituents is 1. The Morgan fingerprint density at radius 3 is 2.64 bits per heavy atom. The molecule has 0 bridgehead atoms. The number of nitrogens with one attached hydrogen (secondary N) is 1. The standard InChI is InChI=1S/C20H19BrN2O2/c1-11-10-17(21)20-18(12(11)2)15-4-3-5-16(15)19(22-20)13-6-8-14(9-7-13)23(24)25/h3-4,6-10,15-16,19,22H,5H2,1-2H3/t15-,16+,19-/m0/s1. The van der Waals surface area contributed by atoms with Gasteiger partial charge >= 0.3 is 0 Å². The van der Waals surface area contributed by atoms with E-state index in [0.717, 1.165) is 22.1 Å². The molecule has 0 spiro atoms. The molecule has 1 aliphatic heterocycles. The normalized spacial score (nSPS) is 23.7. The van der Waals surface area contributed by atoms with Gasteiger partial charge in [0.15, 0.2) is 0 Å². The number of fused-ring (bicyclic) bond motifs is 3. The van der Waals surface area contributed by atoms with Crippen LogP contribution in [-0.4, -0.2) is 4.92 Å². The highest BCUT2D eigenvalue weighted by Gasteiger charge is 2.39. The molecule has 0 amide bonds. The molecule has 1 heterocycles. The number of allylic oxidation sites excluding steroid dienone is 2. The molecule has 0 saturated carbocycles. The smallest absolute Gasteiger partial charge is 0.269 e. The number of rotatable bonds is 2. The highest BCUT2D eigenvalue weighted by atomic mass is 79.9. The van der Waals surface area contributed by atoms with Gasteiger partial charge in [-0.15, -0.1) is 0 Å². The lowest BCUT2D eigenvalue weighted by molar-refractivity contribution is -0.384. The fraction of sp³-hybridized carbons (Fsp3) is 0.300. The molecule has 5 heteroatoms. The van der Waals surface area contributed by atoms with Gasteiger partial charge in [0, 0.05) is 22.5 Å². The zero-order chi connectivity index (χ0) is 17.7. The minimum atomic E-state index is -0.351. The lowest BCUT2D eigenvalue weighted by atomic mass is 9.75. The highest BCUT2D eigenvalue weighted by Crippen LogP contribution is 2.53. The van der Waals surface area contributed by atoms with Crippen molar-refractivity contribution in [3.05, 3.63) is 79.3 Å². The minimum Gasteiger partial charge on any atom is -0.377 e. The van der Waals surface area contributed by atoms with Gasteiger partial charge in [0.05, 0.1) is 16.7 Å². The molecule has 0 aromatic heterocycles. The van der Waals surface area contributed by atoms with Crippen LogP contribution in [0.5, 0.6) is 0 Å². The number of halogens is 1. The van der Waals surface area contributed by atoms with Gasteiger partial charge in [0.25, 0.3) is 5.69 Å². The van der Waals surface area contributed by atoms with Crippen molar-refractivity contribution in [2.75, 3.05) is 5.32 Å². The van der Waals surface area contributed by atoms with Crippen LogP contribution in [0.1, 0.15) is 40.6 Å². The van der Waals surface area contributed by atoms with Crippen molar-refractivity contribution in [3.63, 3.8) is 0 Å². The third-order valence-corrected chi connectivity index (χ3v) is 6.21. The Kier molecular flexibility index (Phi) is 3.91. The molecule has 128 valence electrons. The van der Waals surface area contributed by atoms with E-state index in [-0.39, 0.29) is 16.7 Å². The van der Waals surface area contributed by atoms with Gasteiger partial charge in [-0.25, -0.2) is 0 Å². The first-order valence-corrected chi connectivity index (χ1v) is 9.24. The van der Waals surface area contributed by atoms with Gasteiger partial charge in [-0.3, -0.25) is 10.1 Å². The maximum Gasteiger partial charge on any atom is 0.269 e. The van der Waals surface area contributed by atoms with E-state index < -0.39 is 0 Å². The number of anilines is 1. The second-order valence-corrected chi connectivity index (χ2v) is 7.77. The van der Waals surface area contributed by atoms with Crippen molar-refractivity contribution in [2.45, 2.75) is 32.2 Å². The van der Waals surface area contributed by atoms with Crippen LogP contribution >= 0.6 is 15.9 Å². The first kappa shape index (κ1) is 16.3. The quantitative estimate of drug-likeness (QED) is 0.395. The largest absolute Gasteiger partial charge is 0.377 e. The molecular formula is C20H19BrN2O2. The van der Waals surface area contributed by atoms with Crippen LogP contribution in [0.4, 0.5) is 11.4 Å². The SMILES string of the molecule is Cc1cc(Br)c2c(c1C)[C@H]1C=CC[C@H]1[C@H](c1ccc([N+](=O)[O-])cc1)N2. The van der Waals surface area contributed by atoms with Crippen molar-refractivity contribution in [1.82, 2.24) is 0 Å². The fourth-order valence-corrected chi connectivity index (χ4v) is 4.86. The van der Waals surface area contributed by atoms with Crippen molar-refractivity contribution in [1.29, 1.82) is 0 Å². The summed E-state index contributed by atoms with van der Waals surface area (Å²) in [5.74, 6) is 0.814. The summed E-state index contributed by atoms with van der Waals surface area (Å²) in [6.45, 7) is 4.34. The van der Waals surface area contributed by atoms with E-state index in [0.29, 0.717) is 11.8 Å². The van der Waals surface area contributed by atoms with Gasteiger partial charge in [0.1, 0.15) is 0 Å². The number of hydrogen-bond donors (Lipinski definition) is 1. The molecule has 3 atom stereocenters. The zero-order valence-electron chi connectivity index (χ0n) is 14.1.